The van der Waals surface area contributed by atoms with Crippen molar-refractivity contribution in [1.29, 1.82) is 0 Å². The molecule has 2 N–H and O–H groups in total. The summed E-state index contributed by atoms with van der Waals surface area (Å²) < 4.78 is 22.5. The zero-order valence-electron chi connectivity index (χ0n) is 26.7. The number of ether oxygens (including phenoxy) is 1. The molecule has 5 heterocycles. The molecule has 4 aromatic rings. The first-order chi connectivity index (χ1) is 22.2. The second kappa shape index (κ2) is 10.1. The van der Waals surface area contributed by atoms with Crippen molar-refractivity contribution in [3.05, 3.63) is 51.8 Å². The van der Waals surface area contributed by atoms with Gasteiger partial charge in [0.05, 0.1) is 33.9 Å². The molecule has 3 fully saturated rings. The van der Waals surface area contributed by atoms with Crippen molar-refractivity contribution in [3.63, 3.8) is 0 Å². The van der Waals surface area contributed by atoms with Gasteiger partial charge in [-0.1, -0.05) is 26.0 Å². The molecule has 5 unspecified atom stereocenters. The second-order valence-corrected chi connectivity index (χ2v) is 14.4. The number of aliphatic hydroxyl groups excluding tert-OH is 1. The van der Waals surface area contributed by atoms with Gasteiger partial charge >= 0.3 is 6.01 Å². The van der Waals surface area contributed by atoms with E-state index >= 15 is 4.39 Å². The molecular formula is C37H40FN5O3. The van der Waals surface area contributed by atoms with Crippen LogP contribution >= 0.6 is 0 Å². The monoisotopic (exact) mass is 621 g/mol. The van der Waals surface area contributed by atoms with Crippen LogP contribution in [0.4, 0.5) is 10.2 Å². The lowest BCUT2D eigenvalue weighted by molar-refractivity contribution is -0.0132. The first-order valence-corrected chi connectivity index (χ1v) is 17.0. The number of β-amino-alcohol motifs (C(OH)–C–C–N with tert-alkyl or cyclic N) is 1. The third-order valence-electron chi connectivity index (χ3n) is 11.7. The van der Waals surface area contributed by atoms with Crippen molar-refractivity contribution in [1.82, 2.24) is 14.9 Å². The van der Waals surface area contributed by atoms with Crippen LogP contribution in [0.3, 0.4) is 0 Å². The van der Waals surface area contributed by atoms with Crippen LogP contribution in [-0.4, -0.2) is 75.6 Å². The fraction of sp³-hybridized carbons (Fsp3) is 0.486. The summed E-state index contributed by atoms with van der Waals surface area (Å²) in [4.78, 5) is 20.3. The maximum atomic E-state index is 15.9. The van der Waals surface area contributed by atoms with Gasteiger partial charge in [-0.15, -0.1) is 0 Å². The van der Waals surface area contributed by atoms with Gasteiger partial charge in [-0.2, -0.15) is 9.97 Å². The van der Waals surface area contributed by atoms with Gasteiger partial charge in [-0.25, -0.2) is 4.39 Å². The molecular weight excluding hydrogens is 581 g/mol. The number of aliphatic hydroxyl groups is 1. The summed E-state index contributed by atoms with van der Waals surface area (Å²) in [6.45, 7) is 10.3. The average molecular weight is 622 g/mol. The number of phenolic OH excluding ortho intramolecular Hbond substituents is 1. The van der Waals surface area contributed by atoms with Crippen LogP contribution in [0, 0.1) is 11.7 Å². The van der Waals surface area contributed by atoms with Crippen molar-refractivity contribution in [2.24, 2.45) is 10.9 Å². The number of aromatic hydroxyl groups is 1. The maximum Gasteiger partial charge on any atom is 0.319 e. The molecule has 8 nitrogen and oxygen atoms in total. The second-order valence-electron chi connectivity index (χ2n) is 14.4. The van der Waals surface area contributed by atoms with Crippen LogP contribution in [0.25, 0.3) is 38.9 Å². The number of nitrogens with zero attached hydrogens (tertiary/aromatic N) is 5. The summed E-state index contributed by atoms with van der Waals surface area (Å²) in [6, 6.07) is 7.06. The van der Waals surface area contributed by atoms with E-state index < -0.39 is 6.10 Å². The lowest BCUT2D eigenvalue weighted by Crippen LogP contribution is -2.59. The molecule has 9 heteroatoms. The predicted molar refractivity (Wildman–Crippen MR) is 177 cm³/mol. The molecule has 9 rings (SSSR count). The Morgan fingerprint density at radius 1 is 1.02 bits per heavy atom. The fourth-order valence-electron chi connectivity index (χ4n) is 8.99. The Labute approximate surface area is 267 Å². The molecule has 0 bridgehead atoms. The average Bonchev–Trinajstić information content (AvgIpc) is 3.31. The third kappa shape index (κ3) is 4.00. The lowest BCUT2D eigenvalue weighted by Gasteiger charge is -2.47. The molecule has 1 aliphatic carbocycles. The highest BCUT2D eigenvalue weighted by atomic mass is 19.1. The largest absolute Gasteiger partial charge is 0.508 e. The van der Waals surface area contributed by atoms with Crippen molar-refractivity contribution in [2.45, 2.75) is 76.5 Å². The predicted octanol–water partition coefficient (Wildman–Crippen LogP) is 4.78. The van der Waals surface area contributed by atoms with Gasteiger partial charge in [0.2, 0.25) is 0 Å². The highest BCUT2D eigenvalue weighted by Crippen LogP contribution is 2.49. The summed E-state index contributed by atoms with van der Waals surface area (Å²) in [6.07, 6.45) is 6.83. The standard InChI is InChI=1S/C37H40FN5O3/c1-19-14-26-32-34(40-36(41-35(32)42-11-4-6-23(44)17-42)46-18-37-9-5-12-43(37)13-10-37)29-20(2)28-27(38)8-7-22-15-24(45)16-25(30(22)28)31(29)33(26)39-21(19)3/h7-8,14-16,19-21,23,44-45H,4-6,9-13,17-18H2,1-3H3. The minimum atomic E-state index is -0.453. The third-order valence-corrected chi connectivity index (χ3v) is 11.7. The number of phenols is 1. The smallest absolute Gasteiger partial charge is 0.319 e. The first-order valence-electron chi connectivity index (χ1n) is 17.0. The van der Waals surface area contributed by atoms with E-state index in [1.165, 1.54) is 12.5 Å². The van der Waals surface area contributed by atoms with E-state index in [0.717, 1.165) is 100 Å². The van der Waals surface area contributed by atoms with Gasteiger partial charge in [-0.05, 0) is 91.6 Å². The zero-order chi connectivity index (χ0) is 31.5. The molecule has 4 aliphatic heterocycles. The van der Waals surface area contributed by atoms with Gasteiger partial charge in [-0.3, -0.25) is 9.89 Å². The number of aromatic nitrogens is 2. The molecule has 3 saturated heterocycles. The van der Waals surface area contributed by atoms with Crippen LogP contribution in [0.1, 0.15) is 69.9 Å². The number of benzene rings is 3. The summed E-state index contributed by atoms with van der Waals surface area (Å²) >= 11 is 0. The number of rotatable bonds is 4. The molecule has 5 aliphatic rings. The van der Waals surface area contributed by atoms with Crippen molar-refractivity contribution in [2.75, 3.05) is 37.7 Å². The van der Waals surface area contributed by atoms with E-state index in [0.29, 0.717) is 24.7 Å². The summed E-state index contributed by atoms with van der Waals surface area (Å²) in [7, 11) is 0. The molecule has 0 spiro atoms. The summed E-state index contributed by atoms with van der Waals surface area (Å²) in [5.74, 6) is 0.431. The topological polar surface area (TPSA) is 94.3 Å². The molecule has 46 heavy (non-hydrogen) atoms. The Morgan fingerprint density at radius 3 is 2.67 bits per heavy atom. The number of anilines is 1. The molecule has 5 atom stereocenters. The Morgan fingerprint density at radius 2 is 1.89 bits per heavy atom. The Hall–Kier alpha value is -3.82. The molecule has 238 valence electrons. The van der Waals surface area contributed by atoms with Gasteiger partial charge < -0.3 is 19.8 Å². The SMILES string of the molecule is CC1c2c(c3c(c4c(N5CCCC(O)C5)nc(OCC56CCCN5CC6)nc24)=CC(C)C(C)N=3)-c2cc(O)cc3ccc(F)c1c23. The molecule has 3 aromatic carbocycles. The number of piperidine rings is 1. The van der Waals surface area contributed by atoms with Gasteiger partial charge in [0.25, 0.3) is 0 Å². The van der Waals surface area contributed by atoms with E-state index in [1.807, 2.05) is 6.92 Å². The number of hydrogen-bond donors (Lipinski definition) is 2. The van der Waals surface area contributed by atoms with Crippen molar-refractivity contribution >= 4 is 33.6 Å². The van der Waals surface area contributed by atoms with Crippen LogP contribution < -0.4 is 20.2 Å². The quantitative estimate of drug-likeness (QED) is 0.339. The Balaban J connectivity index is 1.38. The molecule has 1 aromatic heterocycles. The van der Waals surface area contributed by atoms with Gasteiger partial charge in [0.1, 0.15) is 24.0 Å². The van der Waals surface area contributed by atoms with E-state index in [-0.39, 0.29) is 35.0 Å². The zero-order valence-corrected chi connectivity index (χ0v) is 26.7. The van der Waals surface area contributed by atoms with Gasteiger partial charge in [0, 0.05) is 41.9 Å². The molecule has 0 amide bonds. The summed E-state index contributed by atoms with van der Waals surface area (Å²) in [5, 5.41) is 26.0. The van der Waals surface area contributed by atoms with Crippen LogP contribution in [0.5, 0.6) is 11.8 Å². The highest BCUT2D eigenvalue weighted by molar-refractivity contribution is 6.08. The van der Waals surface area contributed by atoms with E-state index in [2.05, 4.69) is 29.7 Å². The van der Waals surface area contributed by atoms with E-state index in [1.54, 1.807) is 18.2 Å². The normalized spacial score (nSPS) is 28.2. The van der Waals surface area contributed by atoms with Crippen molar-refractivity contribution < 1.29 is 19.3 Å². The van der Waals surface area contributed by atoms with Crippen LogP contribution in [0.15, 0.2) is 29.3 Å². The molecule has 0 saturated carbocycles. The van der Waals surface area contributed by atoms with E-state index in [9.17, 15) is 10.2 Å². The Kier molecular flexibility index (Phi) is 6.23. The summed E-state index contributed by atoms with van der Waals surface area (Å²) in [5.41, 5.74) is 3.95. The van der Waals surface area contributed by atoms with Crippen molar-refractivity contribution in [3.8, 4) is 22.9 Å². The minimum absolute atomic E-state index is 0.0333. The van der Waals surface area contributed by atoms with E-state index in [4.69, 9.17) is 19.7 Å². The van der Waals surface area contributed by atoms with Crippen LogP contribution in [-0.2, 0) is 0 Å². The number of fused-ring (bicyclic) bond motifs is 8. The number of hydrogen-bond acceptors (Lipinski definition) is 8. The fourth-order valence-corrected chi connectivity index (χ4v) is 8.99. The van der Waals surface area contributed by atoms with Gasteiger partial charge in [0.15, 0.2) is 0 Å². The maximum absolute atomic E-state index is 15.9. The molecule has 0 radical (unpaired) electrons. The minimum Gasteiger partial charge on any atom is -0.508 e. The van der Waals surface area contributed by atoms with Crippen LogP contribution in [0.2, 0.25) is 0 Å². The number of halogens is 1. The highest BCUT2D eigenvalue weighted by Gasteiger charge is 2.48. The first kappa shape index (κ1) is 28.4. The Bertz CT molecular complexity index is 2080. The lowest BCUT2D eigenvalue weighted by atomic mass is 9.75.